The van der Waals surface area contributed by atoms with E-state index in [1.165, 1.54) is 32.4 Å². The van der Waals surface area contributed by atoms with E-state index >= 15 is 0 Å². The summed E-state index contributed by atoms with van der Waals surface area (Å²) in [5, 5.41) is 0. The molecule has 1 saturated heterocycles. The highest BCUT2D eigenvalue weighted by Gasteiger charge is 2.51. The van der Waals surface area contributed by atoms with E-state index in [4.69, 9.17) is 10.5 Å². The van der Waals surface area contributed by atoms with Gasteiger partial charge in [-0.15, -0.1) is 0 Å². The lowest BCUT2D eigenvalue weighted by molar-refractivity contribution is 0.00816. The molecule has 18 heavy (non-hydrogen) atoms. The van der Waals surface area contributed by atoms with E-state index in [2.05, 4.69) is 25.7 Å². The lowest BCUT2D eigenvalue weighted by atomic mass is 9.80. The SMILES string of the molecule is COCC(CN)(C1CC1)N1CCC(C(C)(C)C)C1. The normalized spacial score (nSPS) is 29.5. The monoisotopic (exact) mass is 254 g/mol. The fraction of sp³-hybridized carbons (Fsp3) is 1.00. The van der Waals surface area contributed by atoms with Crippen LogP contribution in [-0.4, -0.2) is 43.8 Å². The van der Waals surface area contributed by atoms with Crippen molar-refractivity contribution >= 4 is 0 Å². The first-order chi connectivity index (χ1) is 8.44. The van der Waals surface area contributed by atoms with Crippen molar-refractivity contribution in [2.45, 2.75) is 45.6 Å². The number of hydrogen-bond acceptors (Lipinski definition) is 3. The van der Waals surface area contributed by atoms with Crippen molar-refractivity contribution in [2.24, 2.45) is 23.0 Å². The Morgan fingerprint density at radius 1 is 1.17 bits per heavy atom. The molecule has 3 heteroatoms. The van der Waals surface area contributed by atoms with Gasteiger partial charge in [0.2, 0.25) is 0 Å². The molecule has 2 fully saturated rings. The zero-order chi connectivity index (χ0) is 13.4. The van der Waals surface area contributed by atoms with Gasteiger partial charge in [0.15, 0.2) is 0 Å². The van der Waals surface area contributed by atoms with E-state index in [9.17, 15) is 0 Å². The van der Waals surface area contributed by atoms with Crippen LogP contribution in [0.2, 0.25) is 0 Å². The average molecular weight is 254 g/mol. The minimum atomic E-state index is 0.120. The summed E-state index contributed by atoms with van der Waals surface area (Å²) in [4.78, 5) is 2.64. The molecule has 3 nitrogen and oxygen atoms in total. The van der Waals surface area contributed by atoms with E-state index in [-0.39, 0.29) is 5.54 Å². The Balaban J connectivity index is 2.09. The molecule has 106 valence electrons. The molecule has 2 N–H and O–H groups in total. The Hall–Kier alpha value is -0.120. The van der Waals surface area contributed by atoms with Crippen molar-refractivity contribution in [2.75, 3.05) is 33.4 Å². The van der Waals surface area contributed by atoms with Crippen LogP contribution >= 0.6 is 0 Å². The number of nitrogens with two attached hydrogens (primary N) is 1. The second-order valence-corrected chi connectivity index (χ2v) is 7.31. The standard InChI is InChI=1S/C15H30N2O/c1-14(2,3)13-7-8-17(9-13)15(10-16,11-18-4)12-5-6-12/h12-13H,5-11,16H2,1-4H3. The second-order valence-electron chi connectivity index (χ2n) is 7.31. The molecule has 1 aliphatic carbocycles. The van der Waals surface area contributed by atoms with Crippen LogP contribution in [0.5, 0.6) is 0 Å². The van der Waals surface area contributed by atoms with Crippen molar-refractivity contribution < 1.29 is 4.74 Å². The largest absolute Gasteiger partial charge is 0.383 e. The molecule has 1 saturated carbocycles. The summed E-state index contributed by atoms with van der Waals surface area (Å²) in [6.07, 6.45) is 3.97. The van der Waals surface area contributed by atoms with Gasteiger partial charge in [0.25, 0.3) is 0 Å². The molecular formula is C15H30N2O. The number of nitrogens with zero attached hydrogens (tertiary/aromatic N) is 1. The van der Waals surface area contributed by atoms with Gasteiger partial charge in [0, 0.05) is 20.2 Å². The molecule has 0 aromatic rings. The number of hydrogen-bond donors (Lipinski definition) is 1. The molecule has 1 aliphatic heterocycles. The third-order valence-corrected chi connectivity index (χ3v) is 5.13. The fourth-order valence-corrected chi connectivity index (χ4v) is 3.56. The maximum atomic E-state index is 6.15. The van der Waals surface area contributed by atoms with Crippen molar-refractivity contribution in [3.05, 3.63) is 0 Å². The molecule has 2 atom stereocenters. The van der Waals surface area contributed by atoms with Gasteiger partial charge in [-0.3, -0.25) is 4.90 Å². The van der Waals surface area contributed by atoms with Crippen LogP contribution in [0.3, 0.4) is 0 Å². The summed E-state index contributed by atoms with van der Waals surface area (Å²) in [5.41, 5.74) is 6.68. The summed E-state index contributed by atoms with van der Waals surface area (Å²) < 4.78 is 5.51. The van der Waals surface area contributed by atoms with E-state index in [0.29, 0.717) is 5.41 Å². The first kappa shape index (κ1) is 14.3. The highest BCUT2D eigenvalue weighted by molar-refractivity contribution is 5.06. The van der Waals surface area contributed by atoms with E-state index < -0.39 is 0 Å². The molecule has 0 aromatic heterocycles. The fourth-order valence-electron chi connectivity index (χ4n) is 3.56. The topological polar surface area (TPSA) is 38.5 Å². The Labute approximate surface area is 112 Å². The van der Waals surface area contributed by atoms with Crippen LogP contribution in [-0.2, 0) is 4.74 Å². The first-order valence-corrected chi connectivity index (χ1v) is 7.38. The molecule has 0 bridgehead atoms. The summed E-state index contributed by atoms with van der Waals surface area (Å²) in [5.74, 6) is 1.56. The highest BCUT2D eigenvalue weighted by atomic mass is 16.5. The van der Waals surface area contributed by atoms with Gasteiger partial charge in [-0.25, -0.2) is 0 Å². The molecular weight excluding hydrogens is 224 g/mol. The van der Waals surface area contributed by atoms with Crippen LogP contribution < -0.4 is 5.73 Å². The van der Waals surface area contributed by atoms with Crippen molar-refractivity contribution in [1.29, 1.82) is 0 Å². The maximum Gasteiger partial charge on any atom is 0.0661 e. The number of methoxy groups -OCH3 is 1. The zero-order valence-electron chi connectivity index (χ0n) is 12.5. The molecule has 1 heterocycles. The third kappa shape index (κ3) is 2.59. The van der Waals surface area contributed by atoms with Gasteiger partial charge < -0.3 is 10.5 Å². The van der Waals surface area contributed by atoms with E-state index in [1.807, 2.05) is 7.11 Å². The molecule has 2 rings (SSSR count). The van der Waals surface area contributed by atoms with Crippen LogP contribution in [0.4, 0.5) is 0 Å². The van der Waals surface area contributed by atoms with Gasteiger partial charge in [-0.1, -0.05) is 20.8 Å². The van der Waals surface area contributed by atoms with Crippen LogP contribution in [0, 0.1) is 17.3 Å². The van der Waals surface area contributed by atoms with Crippen molar-refractivity contribution in [3.8, 4) is 0 Å². The molecule has 2 unspecified atom stereocenters. The van der Waals surface area contributed by atoms with Crippen LogP contribution in [0.1, 0.15) is 40.0 Å². The number of likely N-dealkylation sites (tertiary alicyclic amines) is 1. The third-order valence-electron chi connectivity index (χ3n) is 5.13. The first-order valence-electron chi connectivity index (χ1n) is 7.38. The van der Waals surface area contributed by atoms with Gasteiger partial charge in [-0.05, 0) is 43.1 Å². The van der Waals surface area contributed by atoms with Crippen molar-refractivity contribution in [1.82, 2.24) is 4.90 Å². The lowest BCUT2D eigenvalue weighted by Crippen LogP contribution is -2.58. The lowest BCUT2D eigenvalue weighted by Gasteiger charge is -2.42. The van der Waals surface area contributed by atoms with Gasteiger partial charge in [0.05, 0.1) is 12.1 Å². The molecule has 0 radical (unpaired) electrons. The summed E-state index contributed by atoms with van der Waals surface area (Å²) in [6, 6.07) is 0. The Morgan fingerprint density at radius 3 is 2.22 bits per heavy atom. The summed E-state index contributed by atoms with van der Waals surface area (Å²) in [7, 11) is 1.81. The maximum absolute atomic E-state index is 6.15. The Morgan fingerprint density at radius 2 is 1.83 bits per heavy atom. The molecule has 0 aromatic carbocycles. The molecule has 0 amide bonds. The smallest absolute Gasteiger partial charge is 0.0661 e. The Bertz CT molecular complexity index is 283. The van der Waals surface area contributed by atoms with Crippen molar-refractivity contribution in [3.63, 3.8) is 0 Å². The van der Waals surface area contributed by atoms with Crippen LogP contribution in [0.15, 0.2) is 0 Å². The van der Waals surface area contributed by atoms with Crippen LogP contribution in [0.25, 0.3) is 0 Å². The van der Waals surface area contributed by atoms with E-state index in [0.717, 1.165) is 25.0 Å². The Kier molecular flexibility index (Phi) is 4.05. The molecule has 0 spiro atoms. The quantitative estimate of drug-likeness (QED) is 0.816. The number of rotatable bonds is 5. The predicted octanol–water partition coefficient (Wildman–Crippen LogP) is 2.11. The van der Waals surface area contributed by atoms with Gasteiger partial charge in [0.1, 0.15) is 0 Å². The van der Waals surface area contributed by atoms with Gasteiger partial charge in [-0.2, -0.15) is 0 Å². The minimum absolute atomic E-state index is 0.120. The highest BCUT2D eigenvalue weighted by Crippen LogP contribution is 2.46. The van der Waals surface area contributed by atoms with E-state index in [1.54, 1.807) is 0 Å². The second kappa shape index (κ2) is 5.10. The molecule has 2 aliphatic rings. The van der Waals surface area contributed by atoms with Gasteiger partial charge >= 0.3 is 0 Å². The predicted molar refractivity (Wildman–Crippen MR) is 75.5 cm³/mol. The number of ether oxygens (including phenoxy) is 1. The average Bonchev–Trinajstić information content (AvgIpc) is 3.01. The summed E-state index contributed by atoms with van der Waals surface area (Å²) in [6.45, 7) is 11.0. The summed E-state index contributed by atoms with van der Waals surface area (Å²) >= 11 is 0. The minimum Gasteiger partial charge on any atom is -0.383 e. The zero-order valence-corrected chi connectivity index (χ0v) is 12.5.